The van der Waals surface area contributed by atoms with Gasteiger partial charge in [0.15, 0.2) is 5.69 Å². The SMILES string of the molecule is CC(C)n1ncc(C(=O)NC2CCCCC2O)c1C(F)(F)F. The molecule has 1 aliphatic carbocycles. The average Bonchev–Trinajstić information content (AvgIpc) is 2.86. The maximum atomic E-state index is 13.2. The summed E-state index contributed by atoms with van der Waals surface area (Å²) in [5, 5.41) is 16.0. The van der Waals surface area contributed by atoms with Gasteiger partial charge in [-0.2, -0.15) is 18.3 Å². The van der Waals surface area contributed by atoms with Crippen molar-refractivity contribution in [3.05, 3.63) is 17.5 Å². The molecular weight excluding hydrogens is 299 g/mol. The van der Waals surface area contributed by atoms with Gasteiger partial charge in [-0.25, -0.2) is 0 Å². The van der Waals surface area contributed by atoms with Gasteiger partial charge in [-0.15, -0.1) is 0 Å². The first kappa shape index (κ1) is 16.8. The standard InChI is InChI=1S/C14H20F3N3O2/c1-8(2)20-12(14(15,16)17)9(7-18-20)13(22)19-10-5-3-4-6-11(10)21/h7-8,10-11,21H,3-6H2,1-2H3,(H,19,22). The van der Waals surface area contributed by atoms with Crippen LogP contribution in [-0.2, 0) is 6.18 Å². The maximum Gasteiger partial charge on any atom is 0.433 e. The van der Waals surface area contributed by atoms with Gasteiger partial charge in [-0.05, 0) is 26.7 Å². The molecule has 0 aromatic carbocycles. The highest BCUT2D eigenvalue weighted by Crippen LogP contribution is 2.33. The molecule has 2 atom stereocenters. The van der Waals surface area contributed by atoms with Gasteiger partial charge in [-0.3, -0.25) is 9.48 Å². The van der Waals surface area contributed by atoms with Gasteiger partial charge >= 0.3 is 6.18 Å². The van der Waals surface area contributed by atoms with Crippen molar-refractivity contribution in [3.8, 4) is 0 Å². The van der Waals surface area contributed by atoms with Crippen LogP contribution in [-0.4, -0.2) is 32.9 Å². The van der Waals surface area contributed by atoms with Crippen LogP contribution in [0.5, 0.6) is 0 Å². The largest absolute Gasteiger partial charge is 0.433 e. The lowest BCUT2D eigenvalue weighted by atomic mass is 9.92. The van der Waals surface area contributed by atoms with Crippen LogP contribution in [0.25, 0.3) is 0 Å². The van der Waals surface area contributed by atoms with Crippen LogP contribution >= 0.6 is 0 Å². The Morgan fingerprint density at radius 3 is 2.59 bits per heavy atom. The summed E-state index contributed by atoms with van der Waals surface area (Å²) in [6.07, 6.45) is -1.65. The summed E-state index contributed by atoms with van der Waals surface area (Å²) in [6, 6.07) is -1.02. The lowest BCUT2D eigenvalue weighted by molar-refractivity contribution is -0.145. The first-order valence-corrected chi connectivity index (χ1v) is 7.35. The highest BCUT2D eigenvalue weighted by Gasteiger charge is 2.41. The molecule has 1 aromatic heterocycles. The number of nitrogens with zero attached hydrogens (tertiary/aromatic N) is 2. The second kappa shape index (κ2) is 6.28. The number of alkyl halides is 3. The molecule has 2 unspecified atom stereocenters. The van der Waals surface area contributed by atoms with Crippen molar-refractivity contribution in [1.29, 1.82) is 0 Å². The van der Waals surface area contributed by atoms with Gasteiger partial charge in [0, 0.05) is 6.04 Å². The first-order valence-electron chi connectivity index (χ1n) is 7.35. The highest BCUT2D eigenvalue weighted by atomic mass is 19.4. The number of carbonyl (C=O) groups excluding carboxylic acids is 1. The maximum absolute atomic E-state index is 13.2. The predicted molar refractivity (Wildman–Crippen MR) is 73.3 cm³/mol. The smallest absolute Gasteiger partial charge is 0.391 e. The fraction of sp³-hybridized carbons (Fsp3) is 0.714. The number of aromatic nitrogens is 2. The van der Waals surface area contributed by atoms with Crippen molar-refractivity contribution < 1.29 is 23.1 Å². The first-order chi connectivity index (χ1) is 10.2. The second-order valence-electron chi connectivity index (χ2n) is 5.87. The molecule has 0 spiro atoms. The van der Waals surface area contributed by atoms with E-state index in [4.69, 9.17) is 0 Å². The zero-order valence-electron chi connectivity index (χ0n) is 12.5. The number of amides is 1. The van der Waals surface area contributed by atoms with E-state index in [-0.39, 0.29) is 0 Å². The monoisotopic (exact) mass is 319 g/mol. The number of hydrogen-bond acceptors (Lipinski definition) is 3. The molecule has 1 heterocycles. The van der Waals surface area contributed by atoms with Crippen molar-refractivity contribution in [2.75, 3.05) is 0 Å². The molecule has 5 nitrogen and oxygen atoms in total. The summed E-state index contributed by atoms with van der Waals surface area (Å²) in [7, 11) is 0. The van der Waals surface area contributed by atoms with Crippen LogP contribution in [0.1, 0.15) is 61.6 Å². The van der Waals surface area contributed by atoms with E-state index in [1.54, 1.807) is 13.8 Å². The Morgan fingerprint density at radius 2 is 2.05 bits per heavy atom. The summed E-state index contributed by atoms with van der Waals surface area (Å²) < 4.78 is 40.5. The Balaban J connectivity index is 2.26. The molecule has 2 N–H and O–H groups in total. The van der Waals surface area contributed by atoms with Crippen molar-refractivity contribution in [2.45, 2.75) is 63.9 Å². The number of halogens is 3. The normalized spacial score (nSPS) is 22.9. The van der Waals surface area contributed by atoms with Gasteiger partial charge in [0.25, 0.3) is 5.91 Å². The lowest BCUT2D eigenvalue weighted by Crippen LogP contribution is -2.45. The van der Waals surface area contributed by atoms with E-state index in [9.17, 15) is 23.1 Å². The minimum atomic E-state index is -4.67. The third-order valence-corrected chi connectivity index (χ3v) is 3.84. The van der Waals surface area contributed by atoms with Crippen LogP contribution in [0.2, 0.25) is 0 Å². The zero-order chi connectivity index (χ0) is 16.5. The Labute approximate surface area is 126 Å². The summed E-state index contributed by atoms with van der Waals surface area (Å²) in [5.74, 6) is -0.842. The molecule has 1 aromatic rings. The second-order valence-corrected chi connectivity index (χ2v) is 5.87. The molecule has 1 fully saturated rings. The number of rotatable bonds is 3. The molecule has 0 radical (unpaired) electrons. The van der Waals surface area contributed by atoms with E-state index in [1.807, 2.05) is 0 Å². The topological polar surface area (TPSA) is 67.2 Å². The number of hydrogen-bond donors (Lipinski definition) is 2. The Hall–Kier alpha value is -1.57. The third kappa shape index (κ3) is 3.43. The summed E-state index contributed by atoms with van der Waals surface area (Å²) in [5.41, 5.74) is -1.55. The van der Waals surface area contributed by atoms with Gasteiger partial charge in [0.1, 0.15) is 0 Å². The van der Waals surface area contributed by atoms with Gasteiger partial charge < -0.3 is 10.4 Å². The van der Waals surface area contributed by atoms with E-state index in [1.165, 1.54) is 0 Å². The quantitative estimate of drug-likeness (QED) is 0.899. The predicted octanol–water partition coefficient (Wildman–Crippen LogP) is 2.52. The average molecular weight is 319 g/mol. The van der Waals surface area contributed by atoms with E-state index < -0.39 is 41.5 Å². The molecule has 124 valence electrons. The number of aliphatic hydroxyl groups is 1. The molecule has 1 amide bonds. The minimum Gasteiger partial charge on any atom is -0.391 e. The molecule has 1 saturated carbocycles. The Morgan fingerprint density at radius 1 is 1.41 bits per heavy atom. The molecule has 0 aliphatic heterocycles. The van der Waals surface area contributed by atoms with Crippen LogP contribution in [0, 0.1) is 0 Å². The van der Waals surface area contributed by atoms with Crippen LogP contribution < -0.4 is 5.32 Å². The molecule has 1 aliphatic rings. The summed E-state index contributed by atoms with van der Waals surface area (Å²) >= 11 is 0. The van der Waals surface area contributed by atoms with Gasteiger partial charge in [0.2, 0.25) is 0 Å². The van der Waals surface area contributed by atoms with Gasteiger partial charge in [0.05, 0.1) is 23.9 Å². The molecule has 2 rings (SSSR count). The van der Waals surface area contributed by atoms with Crippen LogP contribution in [0.15, 0.2) is 6.20 Å². The Bertz CT molecular complexity index is 540. The van der Waals surface area contributed by atoms with Crippen molar-refractivity contribution in [3.63, 3.8) is 0 Å². The minimum absolute atomic E-state index is 0.501. The fourth-order valence-electron chi connectivity index (χ4n) is 2.73. The van der Waals surface area contributed by atoms with Crippen LogP contribution in [0.4, 0.5) is 13.2 Å². The lowest BCUT2D eigenvalue weighted by Gasteiger charge is -2.28. The van der Waals surface area contributed by atoms with Crippen molar-refractivity contribution >= 4 is 5.91 Å². The van der Waals surface area contributed by atoms with Crippen LogP contribution in [0.3, 0.4) is 0 Å². The third-order valence-electron chi connectivity index (χ3n) is 3.84. The molecule has 8 heteroatoms. The Kier molecular flexibility index (Phi) is 4.79. The van der Waals surface area contributed by atoms with Crippen molar-refractivity contribution in [2.24, 2.45) is 0 Å². The number of carbonyl (C=O) groups is 1. The van der Waals surface area contributed by atoms with Gasteiger partial charge in [-0.1, -0.05) is 12.8 Å². The highest BCUT2D eigenvalue weighted by molar-refractivity contribution is 5.95. The molecule has 0 bridgehead atoms. The zero-order valence-corrected chi connectivity index (χ0v) is 12.5. The molecule has 0 saturated heterocycles. The van der Waals surface area contributed by atoms with E-state index in [2.05, 4.69) is 10.4 Å². The molecule has 22 heavy (non-hydrogen) atoms. The van der Waals surface area contributed by atoms with E-state index >= 15 is 0 Å². The number of nitrogens with one attached hydrogen (secondary N) is 1. The van der Waals surface area contributed by atoms with E-state index in [0.29, 0.717) is 12.8 Å². The summed E-state index contributed by atoms with van der Waals surface area (Å²) in [6.45, 7) is 3.13. The van der Waals surface area contributed by atoms with E-state index in [0.717, 1.165) is 23.7 Å². The fourth-order valence-corrected chi connectivity index (χ4v) is 2.73. The molecular formula is C14H20F3N3O2. The van der Waals surface area contributed by atoms with Crippen molar-refractivity contribution in [1.82, 2.24) is 15.1 Å². The summed E-state index contributed by atoms with van der Waals surface area (Å²) in [4.78, 5) is 12.2. The number of aliphatic hydroxyl groups excluding tert-OH is 1.